The van der Waals surface area contributed by atoms with Gasteiger partial charge in [0.25, 0.3) is 0 Å². The van der Waals surface area contributed by atoms with Crippen LogP contribution in [0, 0.1) is 5.82 Å². The molecule has 0 bridgehead atoms. The van der Waals surface area contributed by atoms with Crippen LogP contribution in [0.1, 0.15) is 17.2 Å². The molecular weight excluding hydrogens is 273 g/mol. The lowest BCUT2D eigenvalue weighted by atomic mass is 10.0. The molecule has 0 amide bonds. The van der Waals surface area contributed by atoms with E-state index >= 15 is 0 Å². The van der Waals surface area contributed by atoms with Gasteiger partial charge in [0.2, 0.25) is 0 Å². The molecule has 0 aliphatic heterocycles. The van der Waals surface area contributed by atoms with Crippen molar-refractivity contribution in [1.82, 2.24) is 4.98 Å². The summed E-state index contributed by atoms with van der Waals surface area (Å²) in [5.41, 5.74) is 0.807. The molecule has 0 saturated carbocycles. The first-order valence-electron chi connectivity index (χ1n) is 4.72. The second-order valence-corrected chi connectivity index (χ2v) is 4.19. The largest absolute Gasteiger partial charge is 0.383 e. The number of hydrogen-bond acceptors (Lipinski definition) is 2. The van der Waals surface area contributed by atoms with Gasteiger partial charge in [0.15, 0.2) is 0 Å². The Kier molecular flexibility index (Phi) is 3.31. The molecule has 2 aromatic rings. The van der Waals surface area contributed by atoms with Crippen molar-refractivity contribution in [2.24, 2.45) is 0 Å². The van der Waals surface area contributed by atoms with E-state index in [1.165, 1.54) is 6.20 Å². The van der Waals surface area contributed by atoms with E-state index in [2.05, 4.69) is 20.9 Å². The number of benzene rings is 1. The van der Waals surface area contributed by atoms with Crippen LogP contribution in [0.15, 0.2) is 47.2 Å². The topological polar surface area (TPSA) is 33.1 Å². The quantitative estimate of drug-likeness (QED) is 0.918. The van der Waals surface area contributed by atoms with Crippen LogP contribution in [0.3, 0.4) is 0 Å². The van der Waals surface area contributed by atoms with Gasteiger partial charge in [-0.25, -0.2) is 4.39 Å². The molecule has 1 aromatic heterocycles. The Morgan fingerprint density at radius 3 is 2.75 bits per heavy atom. The Bertz CT molecular complexity index is 490. The van der Waals surface area contributed by atoms with E-state index in [4.69, 9.17) is 0 Å². The normalized spacial score (nSPS) is 12.4. The molecule has 0 aliphatic carbocycles. The van der Waals surface area contributed by atoms with Gasteiger partial charge in [0.1, 0.15) is 11.9 Å². The van der Waals surface area contributed by atoms with Gasteiger partial charge in [-0.15, -0.1) is 0 Å². The summed E-state index contributed by atoms with van der Waals surface area (Å²) >= 11 is 3.09. The summed E-state index contributed by atoms with van der Waals surface area (Å²) in [7, 11) is 0. The van der Waals surface area contributed by atoms with Crippen molar-refractivity contribution >= 4 is 15.9 Å². The third-order valence-electron chi connectivity index (χ3n) is 2.28. The smallest absolute Gasteiger partial charge is 0.143 e. The maximum Gasteiger partial charge on any atom is 0.143 e. The maximum atomic E-state index is 13.7. The fraction of sp³-hybridized carbons (Fsp3) is 0.0833. The Morgan fingerprint density at radius 2 is 2.06 bits per heavy atom. The molecule has 1 heterocycles. The number of hydrogen-bond donors (Lipinski definition) is 1. The summed E-state index contributed by atoms with van der Waals surface area (Å²) in [6.45, 7) is 0. The first kappa shape index (κ1) is 11.2. The minimum absolute atomic E-state index is 0.238. The van der Waals surface area contributed by atoms with E-state index in [1.54, 1.807) is 36.5 Å². The first-order valence-corrected chi connectivity index (χ1v) is 5.51. The van der Waals surface area contributed by atoms with Crippen molar-refractivity contribution in [3.63, 3.8) is 0 Å². The highest BCUT2D eigenvalue weighted by atomic mass is 79.9. The Hall–Kier alpha value is -1.26. The average Bonchev–Trinajstić information content (AvgIpc) is 2.33. The zero-order valence-corrected chi connectivity index (χ0v) is 9.86. The molecule has 0 spiro atoms. The molecule has 4 heteroatoms. The van der Waals surface area contributed by atoms with Crippen LogP contribution in [0.5, 0.6) is 0 Å². The lowest BCUT2D eigenvalue weighted by Gasteiger charge is -2.12. The minimum Gasteiger partial charge on any atom is -0.383 e. The van der Waals surface area contributed by atoms with Gasteiger partial charge in [-0.1, -0.05) is 18.2 Å². The zero-order valence-electron chi connectivity index (χ0n) is 8.27. The zero-order chi connectivity index (χ0) is 11.5. The number of nitrogens with zero attached hydrogens (tertiary/aromatic N) is 1. The molecule has 82 valence electrons. The molecule has 0 radical (unpaired) electrons. The third kappa shape index (κ3) is 2.13. The standard InChI is InChI=1S/C12H9BrFNO/c13-10-5-1-4-9(11(10)14)12(16)8-3-2-6-15-7-8/h1-7,12,16H. The number of aromatic nitrogens is 1. The monoisotopic (exact) mass is 281 g/mol. The van der Waals surface area contributed by atoms with Gasteiger partial charge in [-0.05, 0) is 28.1 Å². The molecule has 2 nitrogen and oxygen atoms in total. The molecule has 0 aliphatic rings. The number of aliphatic hydroxyl groups is 1. The molecule has 1 N–H and O–H groups in total. The molecule has 0 fully saturated rings. The summed E-state index contributed by atoms with van der Waals surface area (Å²) in [5, 5.41) is 10.00. The molecule has 1 atom stereocenters. The highest BCUT2D eigenvalue weighted by Gasteiger charge is 2.16. The summed E-state index contributed by atoms with van der Waals surface area (Å²) in [5.74, 6) is -0.446. The lowest BCUT2D eigenvalue weighted by Crippen LogP contribution is -2.03. The molecular formula is C12H9BrFNO. The van der Waals surface area contributed by atoms with Crippen LogP contribution in [-0.4, -0.2) is 10.1 Å². The van der Waals surface area contributed by atoms with Crippen molar-refractivity contribution in [3.8, 4) is 0 Å². The van der Waals surface area contributed by atoms with Crippen molar-refractivity contribution in [2.75, 3.05) is 0 Å². The Balaban J connectivity index is 2.42. The van der Waals surface area contributed by atoms with Crippen LogP contribution < -0.4 is 0 Å². The second kappa shape index (κ2) is 4.72. The minimum atomic E-state index is -0.994. The predicted octanol–water partition coefficient (Wildman–Crippen LogP) is 3.06. The van der Waals surface area contributed by atoms with Crippen LogP contribution in [0.25, 0.3) is 0 Å². The summed E-state index contributed by atoms with van der Waals surface area (Å²) in [6, 6.07) is 8.24. The van der Waals surface area contributed by atoms with E-state index in [1.807, 2.05) is 0 Å². The molecule has 1 unspecified atom stereocenters. The van der Waals surface area contributed by atoms with Crippen molar-refractivity contribution in [2.45, 2.75) is 6.10 Å². The first-order chi connectivity index (χ1) is 7.70. The van der Waals surface area contributed by atoms with E-state index in [0.29, 0.717) is 10.0 Å². The van der Waals surface area contributed by atoms with E-state index < -0.39 is 11.9 Å². The number of halogens is 2. The average molecular weight is 282 g/mol. The number of aliphatic hydroxyl groups excluding tert-OH is 1. The highest BCUT2D eigenvalue weighted by molar-refractivity contribution is 9.10. The van der Waals surface area contributed by atoms with Crippen molar-refractivity contribution in [1.29, 1.82) is 0 Å². The second-order valence-electron chi connectivity index (χ2n) is 3.33. The van der Waals surface area contributed by atoms with Crippen LogP contribution in [0.2, 0.25) is 0 Å². The SMILES string of the molecule is OC(c1cccnc1)c1cccc(Br)c1F. The molecule has 0 saturated heterocycles. The van der Waals surface area contributed by atoms with Gasteiger partial charge in [0.05, 0.1) is 4.47 Å². The highest BCUT2D eigenvalue weighted by Crippen LogP contribution is 2.27. The van der Waals surface area contributed by atoms with Crippen molar-refractivity contribution < 1.29 is 9.50 Å². The van der Waals surface area contributed by atoms with Crippen LogP contribution >= 0.6 is 15.9 Å². The fourth-order valence-electron chi connectivity index (χ4n) is 1.45. The number of rotatable bonds is 2. The summed E-state index contributed by atoms with van der Waals surface area (Å²) in [4.78, 5) is 3.89. The van der Waals surface area contributed by atoms with Gasteiger partial charge in [-0.3, -0.25) is 4.98 Å². The lowest BCUT2D eigenvalue weighted by molar-refractivity contribution is 0.214. The van der Waals surface area contributed by atoms with Crippen LogP contribution in [0.4, 0.5) is 4.39 Å². The van der Waals surface area contributed by atoms with E-state index in [-0.39, 0.29) is 5.56 Å². The Labute approximate surface area is 101 Å². The Morgan fingerprint density at radius 1 is 1.25 bits per heavy atom. The number of pyridine rings is 1. The van der Waals surface area contributed by atoms with Crippen molar-refractivity contribution in [3.05, 3.63) is 64.1 Å². The maximum absolute atomic E-state index is 13.7. The summed E-state index contributed by atoms with van der Waals surface area (Å²) < 4.78 is 14.1. The fourth-order valence-corrected chi connectivity index (χ4v) is 1.83. The van der Waals surface area contributed by atoms with E-state index in [0.717, 1.165) is 0 Å². The van der Waals surface area contributed by atoms with Gasteiger partial charge in [0, 0.05) is 23.5 Å². The predicted molar refractivity (Wildman–Crippen MR) is 62.4 cm³/mol. The van der Waals surface area contributed by atoms with Gasteiger partial charge in [-0.2, -0.15) is 0 Å². The molecule has 2 rings (SSSR count). The summed E-state index contributed by atoms with van der Waals surface area (Å²) in [6.07, 6.45) is 2.13. The van der Waals surface area contributed by atoms with Gasteiger partial charge < -0.3 is 5.11 Å². The third-order valence-corrected chi connectivity index (χ3v) is 2.89. The molecule has 16 heavy (non-hydrogen) atoms. The molecule has 1 aromatic carbocycles. The van der Waals surface area contributed by atoms with Crippen LogP contribution in [-0.2, 0) is 0 Å². The van der Waals surface area contributed by atoms with Gasteiger partial charge >= 0.3 is 0 Å². The van der Waals surface area contributed by atoms with E-state index in [9.17, 15) is 9.50 Å².